The minimum atomic E-state index is -0.181. The number of primary amides is 1. The second-order valence-electron chi connectivity index (χ2n) is 4.48. The minimum Gasteiger partial charge on any atom is -0.370 e. The van der Waals surface area contributed by atoms with Crippen LogP contribution in [0.1, 0.15) is 46.0 Å². The number of amides is 1. The fraction of sp³-hybridized carbons (Fsp3) is 0.909. The van der Waals surface area contributed by atoms with Gasteiger partial charge in [0, 0.05) is 12.0 Å². The van der Waals surface area contributed by atoms with Crippen LogP contribution in [-0.2, 0) is 4.79 Å². The monoisotopic (exact) mass is 198 g/mol. The molecule has 3 heteroatoms. The van der Waals surface area contributed by atoms with E-state index in [2.05, 4.69) is 19.2 Å². The summed E-state index contributed by atoms with van der Waals surface area (Å²) in [5, 5.41) is 3.48. The molecule has 2 unspecified atom stereocenters. The van der Waals surface area contributed by atoms with E-state index < -0.39 is 0 Å². The number of rotatable bonds is 4. The van der Waals surface area contributed by atoms with Gasteiger partial charge in [-0.2, -0.15) is 0 Å². The summed E-state index contributed by atoms with van der Waals surface area (Å²) < 4.78 is 0. The molecule has 3 N–H and O–H groups in total. The van der Waals surface area contributed by atoms with Crippen LogP contribution in [0.5, 0.6) is 0 Å². The molecule has 1 amide bonds. The molecule has 0 aliphatic heterocycles. The molecule has 1 rings (SSSR count). The van der Waals surface area contributed by atoms with E-state index in [0.717, 1.165) is 13.0 Å². The number of nitrogens with one attached hydrogen (secondary N) is 1. The van der Waals surface area contributed by atoms with Crippen LogP contribution in [0.2, 0.25) is 0 Å². The van der Waals surface area contributed by atoms with Crippen LogP contribution in [0.25, 0.3) is 0 Å². The highest BCUT2D eigenvalue weighted by Gasteiger charge is 2.38. The molecule has 0 bridgehead atoms. The fourth-order valence-electron chi connectivity index (χ4n) is 2.66. The van der Waals surface area contributed by atoms with Crippen molar-refractivity contribution in [3.63, 3.8) is 0 Å². The maximum atomic E-state index is 11.1. The highest BCUT2D eigenvalue weighted by Crippen LogP contribution is 2.35. The first-order valence-corrected chi connectivity index (χ1v) is 5.64. The third-order valence-electron chi connectivity index (χ3n) is 3.47. The lowest BCUT2D eigenvalue weighted by Crippen LogP contribution is -2.54. The molecule has 82 valence electrons. The Bertz CT molecular complexity index is 201. The Balaban J connectivity index is 2.71. The molecule has 0 spiro atoms. The quantitative estimate of drug-likeness (QED) is 0.718. The van der Waals surface area contributed by atoms with Gasteiger partial charge in [0.15, 0.2) is 0 Å². The molecule has 0 saturated heterocycles. The molecule has 2 atom stereocenters. The van der Waals surface area contributed by atoms with E-state index in [0.29, 0.717) is 12.3 Å². The Morgan fingerprint density at radius 3 is 2.79 bits per heavy atom. The van der Waals surface area contributed by atoms with Crippen LogP contribution >= 0.6 is 0 Å². The van der Waals surface area contributed by atoms with Gasteiger partial charge in [0.1, 0.15) is 0 Å². The van der Waals surface area contributed by atoms with Gasteiger partial charge in [-0.15, -0.1) is 0 Å². The van der Waals surface area contributed by atoms with Crippen LogP contribution < -0.4 is 11.1 Å². The number of carbonyl (C=O) groups excluding carboxylic acids is 1. The van der Waals surface area contributed by atoms with E-state index in [-0.39, 0.29) is 11.4 Å². The highest BCUT2D eigenvalue weighted by molar-refractivity contribution is 5.75. The Kier molecular flexibility index (Phi) is 3.93. The van der Waals surface area contributed by atoms with Crippen molar-refractivity contribution in [2.45, 2.75) is 51.5 Å². The minimum absolute atomic E-state index is 0.0150. The standard InChI is InChI=1S/C11H22N2O/c1-3-13-11(8-10(12)14)7-5-4-6-9(11)2/h9,13H,3-8H2,1-2H3,(H2,12,14). The first-order valence-electron chi connectivity index (χ1n) is 5.64. The van der Waals surface area contributed by atoms with E-state index in [4.69, 9.17) is 5.73 Å². The Hall–Kier alpha value is -0.570. The third-order valence-corrected chi connectivity index (χ3v) is 3.47. The van der Waals surface area contributed by atoms with Crippen molar-refractivity contribution in [1.29, 1.82) is 0 Å². The summed E-state index contributed by atoms with van der Waals surface area (Å²) in [6, 6.07) is 0. The van der Waals surface area contributed by atoms with Gasteiger partial charge in [-0.25, -0.2) is 0 Å². The average molecular weight is 198 g/mol. The van der Waals surface area contributed by atoms with E-state index in [1.165, 1.54) is 19.3 Å². The van der Waals surface area contributed by atoms with E-state index in [1.54, 1.807) is 0 Å². The van der Waals surface area contributed by atoms with Crippen LogP contribution in [0.15, 0.2) is 0 Å². The van der Waals surface area contributed by atoms with E-state index in [9.17, 15) is 4.79 Å². The van der Waals surface area contributed by atoms with Crippen molar-refractivity contribution in [1.82, 2.24) is 5.32 Å². The summed E-state index contributed by atoms with van der Waals surface area (Å²) in [5.74, 6) is 0.378. The summed E-state index contributed by atoms with van der Waals surface area (Å²) in [5.41, 5.74) is 5.31. The summed E-state index contributed by atoms with van der Waals surface area (Å²) in [7, 11) is 0. The molecule has 1 saturated carbocycles. The van der Waals surface area contributed by atoms with Crippen molar-refractivity contribution >= 4 is 5.91 Å². The first-order chi connectivity index (χ1) is 6.60. The fourth-order valence-corrected chi connectivity index (χ4v) is 2.66. The normalized spacial score (nSPS) is 32.9. The number of hydrogen-bond donors (Lipinski definition) is 2. The smallest absolute Gasteiger partial charge is 0.219 e. The molecule has 0 heterocycles. The van der Waals surface area contributed by atoms with Gasteiger partial charge >= 0.3 is 0 Å². The molecule has 3 nitrogen and oxygen atoms in total. The zero-order valence-corrected chi connectivity index (χ0v) is 9.31. The molecular weight excluding hydrogens is 176 g/mol. The molecule has 0 aromatic rings. The Morgan fingerprint density at radius 1 is 1.57 bits per heavy atom. The molecule has 0 aromatic carbocycles. The van der Waals surface area contributed by atoms with Gasteiger partial charge in [0.25, 0.3) is 0 Å². The lowest BCUT2D eigenvalue weighted by molar-refractivity contribution is -0.120. The van der Waals surface area contributed by atoms with Gasteiger partial charge in [0.05, 0.1) is 0 Å². The summed E-state index contributed by atoms with van der Waals surface area (Å²) in [4.78, 5) is 11.1. The third kappa shape index (κ3) is 2.47. The topological polar surface area (TPSA) is 55.1 Å². The SMILES string of the molecule is CCNC1(CC(N)=O)CCCCC1C. The van der Waals surface area contributed by atoms with Crippen molar-refractivity contribution in [2.75, 3.05) is 6.54 Å². The number of hydrogen-bond acceptors (Lipinski definition) is 2. The van der Waals surface area contributed by atoms with E-state index in [1.807, 2.05) is 0 Å². The summed E-state index contributed by atoms with van der Waals surface area (Å²) >= 11 is 0. The summed E-state index contributed by atoms with van der Waals surface area (Å²) in [6.07, 6.45) is 5.28. The summed E-state index contributed by atoms with van der Waals surface area (Å²) in [6.45, 7) is 5.23. The lowest BCUT2D eigenvalue weighted by atomic mass is 9.71. The van der Waals surface area contributed by atoms with Crippen molar-refractivity contribution < 1.29 is 4.79 Å². The largest absolute Gasteiger partial charge is 0.370 e. The van der Waals surface area contributed by atoms with Gasteiger partial charge in [-0.3, -0.25) is 4.79 Å². The molecule has 1 fully saturated rings. The van der Waals surface area contributed by atoms with Gasteiger partial charge in [-0.1, -0.05) is 26.7 Å². The molecule has 0 aromatic heterocycles. The van der Waals surface area contributed by atoms with Crippen molar-refractivity contribution in [3.8, 4) is 0 Å². The van der Waals surface area contributed by atoms with Crippen LogP contribution in [-0.4, -0.2) is 18.0 Å². The second-order valence-corrected chi connectivity index (χ2v) is 4.48. The Labute approximate surface area is 86.4 Å². The Morgan fingerprint density at radius 2 is 2.29 bits per heavy atom. The molecule has 1 aliphatic rings. The highest BCUT2D eigenvalue weighted by atomic mass is 16.1. The second kappa shape index (κ2) is 4.78. The zero-order chi connectivity index (χ0) is 10.6. The molecule has 0 radical (unpaired) electrons. The predicted molar refractivity (Wildman–Crippen MR) is 57.9 cm³/mol. The number of nitrogens with two attached hydrogens (primary N) is 1. The lowest BCUT2D eigenvalue weighted by Gasteiger charge is -2.43. The maximum Gasteiger partial charge on any atom is 0.219 e. The van der Waals surface area contributed by atoms with Crippen molar-refractivity contribution in [2.24, 2.45) is 11.7 Å². The maximum absolute atomic E-state index is 11.1. The molecule has 14 heavy (non-hydrogen) atoms. The van der Waals surface area contributed by atoms with Gasteiger partial charge in [-0.05, 0) is 25.3 Å². The van der Waals surface area contributed by atoms with Crippen LogP contribution in [0.4, 0.5) is 0 Å². The first kappa shape index (κ1) is 11.5. The van der Waals surface area contributed by atoms with Crippen molar-refractivity contribution in [3.05, 3.63) is 0 Å². The predicted octanol–water partition coefficient (Wildman–Crippen LogP) is 1.42. The number of carbonyl (C=O) groups is 1. The van der Waals surface area contributed by atoms with Gasteiger partial charge in [0.2, 0.25) is 5.91 Å². The molecule has 1 aliphatic carbocycles. The van der Waals surface area contributed by atoms with E-state index >= 15 is 0 Å². The molecular formula is C11H22N2O. The average Bonchev–Trinajstić information content (AvgIpc) is 2.09. The van der Waals surface area contributed by atoms with Crippen LogP contribution in [0.3, 0.4) is 0 Å². The van der Waals surface area contributed by atoms with Gasteiger partial charge < -0.3 is 11.1 Å². The van der Waals surface area contributed by atoms with Crippen LogP contribution in [0, 0.1) is 5.92 Å². The zero-order valence-electron chi connectivity index (χ0n) is 9.31.